The van der Waals surface area contributed by atoms with Crippen LogP contribution < -0.4 is 0 Å². The fourth-order valence-electron chi connectivity index (χ4n) is 1.15. The fourth-order valence-corrected chi connectivity index (χ4v) is 1.41. The van der Waals surface area contributed by atoms with Gasteiger partial charge in [0.25, 0.3) is 0 Å². The Bertz CT molecular complexity index is 471. The van der Waals surface area contributed by atoms with E-state index in [-0.39, 0.29) is 5.75 Å². The van der Waals surface area contributed by atoms with E-state index in [1.54, 1.807) is 24.4 Å². The van der Waals surface area contributed by atoms with Crippen molar-refractivity contribution in [3.8, 4) is 5.75 Å². The molecule has 1 heterocycles. The number of hydrogen-bond donors (Lipinski definition) is 2. The van der Waals surface area contributed by atoms with Crippen LogP contribution in [0.1, 0.15) is 0 Å². The molecule has 1 aromatic carbocycles. The highest BCUT2D eigenvalue weighted by Gasteiger charge is 2.02. The molecule has 0 aliphatic heterocycles. The lowest BCUT2D eigenvalue weighted by Gasteiger charge is -2.00. The molecule has 1 aromatic heterocycles. The number of hydrogen-bond acceptors (Lipinski definition) is 4. The smallest absolute Gasteiger partial charge is 0.231 e. The first-order valence-electron chi connectivity index (χ1n) is 3.96. The Balaban J connectivity index is 0.000000337. The van der Waals surface area contributed by atoms with Gasteiger partial charge in [-0.3, -0.25) is 4.98 Å². The van der Waals surface area contributed by atoms with Crippen molar-refractivity contribution in [3.63, 3.8) is 0 Å². The predicted octanol–water partition coefficient (Wildman–Crippen LogP) is 2.49. The van der Waals surface area contributed by atoms with E-state index < -0.39 is 0 Å². The van der Waals surface area contributed by atoms with Gasteiger partial charge in [0, 0.05) is 6.20 Å². The quantitative estimate of drug-likeness (QED) is 0.531. The first kappa shape index (κ1) is 11.2. The molecule has 0 atom stereocenters. The molecule has 0 aliphatic rings. The lowest BCUT2D eigenvalue weighted by atomic mass is 10.2. The molecule has 76 valence electrons. The maximum Gasteiger partial charge on any atom is 0.231 e. The fraction of sp³-hybridized carbons (Fsp3) is 0. The van der Waals surface area contributed by atoms with Crippen LogP contribution in [0, 0.1) is 5.41 Å². The molecule has 0 fully saturated rings. The van der Waals surface area contributed by atoms with Crippen molar-refractivity contribution >= 4 is 28.6 Å². The predicted molar refractivity (Wildman–Crippen MR) is 56.8 cm³/mol. The van der Waals surface area contributed by atoms with Gasteiger partial charge in [-0.15, -0.1) is 0 Å². The molecule has 0 unspecified atom stereocenters. The number of fused-ring (bicyclic) bond motifs is 1. The Kier molecular flexibility index (Phi) is 3.80. The Morgan fingerprint density at radius 2 is 2.07 bits per heavy atom. The number of nitrogens with zero attached hydrogens (tertiary/aromatic N) is 1. The van der Waals surface area contributed by atoms with Crippen molar-refractivity contribution in [1.29, 1.82) is 5.41 Å². The van der Waals surface area contributed by atoms with Crippen LogP contribution in [0.15, 0.2) is 30.5 Å². The van der Waals surface area contributed by atoms with Crippen molar-refractivity contribution in [1.82, 2.24) is 4.98 Å². The van der Waals surface area contributed by atoms with Gasteiger partial charge in [-0.1, -0.05) is 17.7 Å². The van der Waals surface area contributed by atoms with Crippen molar-refractivity contribution < 1.29 is 9.90 Å². The van der Waals surface area contributed by atoms with Gasteiger partial charge in [0.2, 0.25) is 6.08 Å². The molecule has 4 nitrogen and oxygen atoms in total. The monoisotopic (exact) mass is 222 g/mol. The molecule has 0 aliphatic carbocycles. The minimum atomic E-state index is 0.172. The first-order chi connectivity index (χ1) is 7.20. The van der Waals surface area contributed by atoms with E-state index in [4.69, 9.17) is 21.8 Å². The van der Waals surface area contributed by atoms with Crippen LogP contribution in [0.3, 0.4) is 0 Å². The van der Waals surface area contributed by atoms with E-state index in [1.165, 1.54) is 6.07 Å². The number of aromatic nitrogens is 1. The summed E-state index contributed by atoms with van der Waals surface area (Å²) in [7, 11) is 0. The lowest BCUT2D eigenvalue weighted by molar-refractivity contribution is 0.481. The molecule has 15 heavy (non-hydrogen) atoms. The highest BCUT2D eigenvalue weighted by atomic mass is 35.5. The highest BCUT2D eigenvalue weighted by molar-refractivity contribution is 6.35. The van der Waals surface area contributed by atoms with Gasteiger partial charge in [-0.05, 0) is 18.2 Å². The molecular weight excluding hydrogens is 216 g/mol. The van der Waals surface area contributed by atoms with Gasteiger partial charge in [0.05, 0.1) is 15.9 Å². The molecule has 0 saturated carbocycles. The van der Waals surface area contributed by atoms with Crippen molar-refractivity contribution in [3.05, 3.63) is 35.5 Å². The summed E-state index contributed by atoms with van der Waals surface area (Å²) in [6.45, 7) is 0. The summed E-state index contributed by atoms with van der Waals surface area (Å²) in [6.07, 6.45) is 2.30. The number of carbonyl (C=O) groups excluding carboxylic acids is 1. The molecule has 0 radical (unpaired) electrons. The Morgan fingerprint density at radius 3 is 2.67 bits per heavy atom. The first-order valence-corrected chi connectivity index (χ1v) is 4.34. The summed E-state index contributed by atoms with van der Waals surface area (Å²) in [5.41, 5.74) is 0.711. The van der Waals surface area contributed by atoms with E-state index in [0.717, 1.165) is 6.08 Å². The molecule has 0 amide bonds. The van der Waals surface area contributed by atoms with Gasteiger partial charge in [-0.2, -0.15) is 0 Å². The summed E-state index contributed by atoms with van der Waals surface area (Å²) in [5.74, 6) is 0.172. The topological polar surface area (TPSA) is 74.0 Å². The third-order valence-electron chi connectivity index (χ3n) is 1.69. The van der Waals surface area contributed by atoms with E-state index in [1.807, 2.05) is 0 Å². The van der Waals surface area contributed by atoms with Crippen molar-refractivity contribution in [2.75, 3.05) is 0 Å². The maximum atomic E-state index is 9.43. The zero-order valence-electron chi connectivity index (χ0n) is 7.57. The average Bonchev–Trinajstić information content (AvgIpc) is 2.19. The van der Waals surface area contributed by atoms with Gasteiger partial charge in [0.1, 0.15) is 5.75 Å². The normalized spacial score (nSPS) is 8.87. The third kappa shape index (κ3) is 2.53. The van der Waals surface area contributed by atoms with Crippen molar-refractivity contribution in [2.45, 2.75) is 0 Å². The Morgan fingerprint density at radius 1 is 1.40 bits per heavy atom. The number of aromatic hydroxyl groups is 1. The van der Waals surface area contributed by atoms with E-state index >= 15 is 0 Å². The van der Waals surface area contributed by atoms with Crippen LogP contribution in [-0.2, 0) is 4.79 Å². The number of pyridine rings is 1. The van der Waals surface area contributed by atoms with E-state index in [0.29, 0.717) is 15.9 Å². The third-order valence-corrected chi connectivity index (χ3v) is 2.01. The van der Waals surface area contributed by atoms with E-state index in [9.17, 15) is 5.11 Å². The zero-order valence-corrected chi connectivity index (χ0v) is 8.32. The number of rotatable bonds is 0. The molecule has 2 N–H and O–H groups in total. The molecule has 0 saturated heterocycles. The second-order valence-electron chi connectivity index (χ2n) is 2.57. The highest BCUT2D eigenvalue weighted by Crippen LogP contribution is 2.29. The largest absolute Gasteiger partial charge is 0.507 e. The van der Waals surface area contributed by atoms with Crippen LogP contribution in [0.4, 0.5) is 0 Å². The number of nitrogens with one attached hydrogen (secondary N) is 1. The van der Waals surface area contributed by atoms with Gasteiger partial charge in [-0.25, -0.2) is 10.2 Å². The van der Waals surface area contributed by atoms with Crippen molar-refractivity contribution in [2.24, 2.45) is 0 Å². The van der Waals surface area contributed by atoms with Gasteiger partial charge < -0.3 is 5.11 Å². The Hall–Kier alpha value is -1.90. The van der Waals surface area contributed by atoms with Crippen LogP contribution in [0.25, 0.3) is 10.9 Å². The SMILES string of the molecule is N=C=O.Oc1ccnc2cccc(Cl)c12. The standard InChI is InChI=1S/C9H6ClNO.CHNO/c10-6-2-1-3-7-9(6)8(12)4-5-11-7;2-1-3/h1-5H,(H,11,12);2H. The molecular formula is C10H7ClN2O2. The van der Waals surface area contributed by atoms with E-state index in [2.05, 4.69) is 4.98 Å². The minimum absolute atomic E-state index is 0.172. The number of halogens is 1. The van der Waals surface area contributed by atoms with Crippen LogP contribution in [0.2, 0.25) is 5.02 Å². The molecule has 2 aromatic rings. The summed E-state index contributed by atoms with van der Waals surface area (Å²) < 4.78 is 0. The van der Waals surface area contributed by atoms with Crippen LogP contribution >= 0.6 is 11.6 Å². The van der Waals surface area contributed by atoms with Crippen LogP contribution in [-0.4, -0.2) is 16.2 Å². The Labute approximate surface area is 90.6 Å². The molecule has 5 heteroatoms. The zero-order chi connectivity index (χ0) is 11.3. The molecule has 0 spiro atoms. The second kappa shape index (κ2) is 5.10. The minimum Gasteiger partial charge on any atom is -0.507 e. The van der Waals surface area contributed by atoms with Gasteiger partial charge in [0.15, 0.2) is 0 Å². The lowest BCUT2D eigenvalue weighted by Crippen LogP contribution is -1.78. The van der Waals surface area contributed by atoms with Gasteiger partial charge >= 0.3 is 0 Å². The summed E-state index contributed by atoms with van der Waals surface area (Å²) in [5, 5.41) is 16.0. The summed E-state index contributed by atoms with van der Waals surface area (Å²) in [4.78, 5) is 12.4. The summed E-state index contributed by atoms with van der Waals surface area (Å²) in [6, 6.07) is 6.86. The second-order valence-corrected chi connectivity index (χ2v) is 2.97. The average molecular weight is 223 g/mol. The molecule has 2 rings (SSSR count). The van der Waals surface area contributed by atoms with Crippen LogP contribution in [0.5, 0.6) is 5.75 Å². The summed E-state index contributed by atoms with van der Waals surface area (Å²) >= 11 is 5.86. The maximum absolute atomic E-state index is 9.43. The number of isocyanates is 1. The number of benzene rings is 1. The molecule has 0 bridgehead atoms.